The zero-order valence-corrected chi connectivity index (χ0v) is 11.4. The minimum absolute atomic E-state index is 0.0282. The number of carbonyl (C=O) groups is 1. The Morgan fingerprint density at radius 3 is 2.85 bits per heavy atom. The van der Waals surface area contributed by atoms with Gasteiger partial charge in [-0.3, -0.25) is 4.79 Å². The summed E-state index contributed by atoms with van der Waals surface area (Å²) in [7, 11) is 0. The van der Waals surface area contributed by atoms with E-state index in [4.69, 9.17) is 10.5 Å². The molecule has 1 aliphatic heterocycles. The molecule has 5 nitrogen and oxygen atoms in total. The second-order valence-electron chi connectivity index (χ2n) is 5.64. The molecule has 2 aliphatic rings. The molecule has 0 bridgehead atoms. The number of amides is 1. The van der Waals surface area contributed by atoms with Crippen LogP contribution in [0.1, 0.15) is 32.1 Å². The zero-order chi connectivity index (χ0) is 14.5. The first-order chi connectivity index (χ1) is 9.63. The molecule has 0 aromatic carbocycles. The summed E-state index contributed by atoms with van der Waals surface area (Å²) >= 11 is 0. The number of nitrogens with zero attached hydrogens (tertiary/aromatic N) is 3. The van der Waals surface area contributed by atoms with Crippen molar-refractivity contribution >= 4 is 5.91 Å². The van der Waals surface area contributed by atoms with Gasteiger partial charge in [-0.25, -0.2) is 4.39 Å². The lowest BCUT2D eigenvalue weighted by atomic mass is 10.1. The Morgan fingerprint density at radius 2 is 2.15 bits per heavy atom. The number of alkyl halides is 1. The molecule has 1 saturated carbocycles. The van der Waals surface area contributed by atoms with Crippen LogP contribution in [0.3, 0.4) is 0 Å². The highest BCUT2D eigenvalue weighted by Gasteiger charge is 2.35. The van der Waals surface area contributed by atoms with Crippen molar-refractivity contribution in [2.45, 2.75) is 50.4 Å². The Kier molecular flexibility index (Phi) is 4.92. The molecule has 0 unspecified atom stereocenters. The summed E-state index contributed by atoms with van der Waals surface area (Å²) in [6.45, 7) is 0.176. The van der Waals surface area contributed by atoms with Crippen LogP contribution in [-0.2, 0) is 4.79 Å². The molecule has 2 rings (SSSR count). The first-order valence-corrected chi connectivity index (χ1v) is 7.07. The van der Waals surface area contributed by atoms with Crippen LogP contribution < -0.4 is 5.32 Å². The highest BCUT2D eigenvalue weighted by molar-refractivity contribution is 5.79. The van der Waals surface area contributed by atoms with Crippen LogP contribution >= 0.6 is 0 Å². The van der Waals surface area contributed by atoms with Crippen LogP contribution in [0.5, 0.6) is 0 Å². The van der Waals surface area contributed by atoms with Gasteiger partial charge in [0.05, 0.1) is 25.2 Å². The lowest BCUT2D eigenvalue weighted by Crippen LogP contribution is -2.43. The fourth-order valence-corrected chi connectivity index (χ4v) is 3.09. The topological polar surface area (TPSA) is 79.9 Å². The number of nitrogens with one attached hydrogen (secondary N) is 1. The van der Waals surface area contributed by atoms with E-state index in [9.17, 15) is 9.18 Å². The predicted molar refractivity (Wildman–Crippen MR) is 70.0 cm³/mol. The van der Waals surface area contributed by atoms with E-state index in [1.165, 1.54) is 4.90 Å². The summed E-state index contributed by atoms with van der Waals surface area (Å²) in [4.78, 5) is 13.4. The highest BCUT2D eigenvalue weighted by atomic mass is 19.1. The molecule has 2 fully saturated rings. The molecule has 4 atom stereocenters. The Morgan fingerprint density at radius 1 is 1.35 bits per heavy atom. The van der Waals surface area contributed by atoms with Gasteiger partial charge in [0.1, 0.15) is 12.2 Å². The maximum atomic E-state index is 13.3. The second-order valence-corrected chi connectivity index (χ2v) is 5.64. The standard InChI is InChI=1S/C14H19FN4O/c15-11-6-13(7-17)19(9-11)14(20)8-18-12-2-1-10(5-12)3-4-16/h10-13,18H,1-3,5-6,8-9H2/t10-,11-,12-,13-/m0/s1. The van der Waals surface area contributed by atoms with Gasteiger partial charge in [0.25, 0.3) is 0 Å². The lowest BCUT2D eigenvalue weighted by molar-refractivity contribution is -0.130. The predicted octanol–water partition coefficient (Wildman–Crippen LogP) is 1.12. The van der Waals surface area contributed by atoms with Crippen molar-refractivity contribution in [3.05, 3.63) is 0 Å². The van der Waals surface area contributed by atoms with Crippen molar-refractivity contribution in [2.75, 3.05) is 13.1 Å². The van der Waals surface area contributed by atoms with Crippen LogP contribution in [0.25, 0.3) is 0 Å². The van der Waals surface area contributed by atoms with Gasteiger partial charge in [0.2, 0.25) is 5.91 Å². The zero-order valence-electron chi connectivity index (χ0n) is 11.4. The molecule has 0 aromatic heterocycles. The maximum Gasteiger partial charge on any atom is 0.237 e. The summed E-state index contributed by atoms with van der Waals surface area (Å²) in [5, 5.41) is 20.7. The van der Waals surface area contributed by atoms with Gasteiger partial charge in [-0.1, -0.05) is 0 Å². The van der Waals surface area contributed by atoms with Gasteiger partial charge < -0.3 is 10.2 Å². The molecule has 1 saturated heterocycles. The number of likely N-dealkylation sites (tertiary alicyclic amines) is 1. The smallest absolute Gasteiger partial charge is 0.237 e. The number of nitriles is 2. The van der Waals surface area contributed by atoms with E-state index in [1.807, 2.05) is 6.07 Å². The normalized spacial score (nSPS) is 32.9. The van der Waals surface area contributed by atoms with Crippen LogP contribution in [0.4, 0.5) is 4.39 Å². The van der Waals surface area contributed by atoms with E-state index in [-0.39, 0.29) is 31.5 Å². The number of carbonyl (C=O) groups excluding carboxylic acids is 1. The van der Waals surface area contributed by atoms with Gasteiger partial charge in [-0.15, -0.1) is 0 Å². The monoisotopic (exact) mass is 278 g/mol. The second kappa shape index (κ2) is 6.67. The summed E-state index contributed by atoms with van der Waals surface area (Å²) in [5.74, 6) is 0.210. The van der Waals surface area contributed by atoms with Gasteiger partial charge in [0.15, 0.2) is 0 Å². The molecule has 0 radical (unpaired) electrons. The summed E-state index contributed by atoms with van der Waals surface area (Å²) in [5.41, 5.74) is 0. The Labute approximate surface area is 118 Å². The minimum Gasteiger partial charge on any atom is -0.323 e. The minimum atomic E-state index is -1.09. The van der Waals surface area contributed by atoms with Crippen molar-refractivity contribution in [3.8, 4) is 12.1 Å². The van der Waals surface area contributed by atoms with E-state index >= 15 is 0 Å². The van der Waals surface area contributed by atoms with Crippen LogP contribution in [-0.4, -0.2) is 42.2 Å². The molecule has 0 aromatic rings. The van der Waals surface area contributed by atoms with Crippen LogP contribution in [0.15, 0.2) is 0 Å². The van der Waals surface area contributed by atoms with Gasteiger partial charge in [-0.2, -0.15) is 10.5 Å². The Hall–Kier alpha value is -1.66. The molecule has 108 valence electrons. The van der Waals surface area contributed by atoms with Crippen molar-refractivity contribution in [3.63, 3.8) is 0 Å². The van der Waals surface area contributed by atoms with Crippen molar-refractivity contribution in [1.82, 2.24) is 10.2 Å². The third-order valence-electron chi connectivity index (χ3n) is 4.18. The van der Waals surface area contributed by atoms with Crippen LogP contribution in [0.2, 0.25) is 0 Å². The molecular weight excluding hydrogens is 259 g/mol. The van der Waals surface area contributed by atoms with Gasteiger partial charge in [0, 0.05) is 18.9 Å². The summed E-state index contributed by atoms with van der Waals surface area (Å²) in [6, 6.07) is 3.78. The number of rotatable bonds is 4. The van der Waals surface area contributed by atoms with Crippen LogP contribution in [0, 0.1) is 28.6 Å². The van der Waals surface area contributed by atoms with E-state index in [0.717, 1.165) is 19.3 Å². The molecule has 1 N–H and O–H groups in total. The molecule has 6 heteroatoms. The first-order valence-electron chi connectivity index (χ1n) is 7.07. The van der Waals surface area contributed by atoms with E-state index in [2.05, 4.69) is 11.4 Å². The van der Waals surface area contributed by atoms with Crippen molar-refractivity contribution in [1.29, 1.82) is 10.5 Å². The summed E-state index contributed by atoms with van der Waals surface area (Å²) in [6.07, 6.45) is 2.49. The molecule has 1 heterocycles. The van der Waals surface area contributed by atoms with Crippen molar-refractivity contribution in [2.24, 2.45) is 5.92 Å². The largest absolute Gasteiger partial charge is 0.323 e. The first kappa shape index (κ1) is 14.7. The average Bonchev–Trinajstić information content (AvgIpc) is 3.03. The third kappa shape index (κ3) is 3.46. The molecule has 0 spiro atoms. The average molecular weight is 278 g/mol. The van der Waals surface area contributed by atoms with E-state index < -0.39 is 12.2 Å². The van der Waals surface area contributed by atoms with E-state index in [0.29, 0.717) is 12.3 Å². The summed E-state index contributed by atoms with van der Waals surface area (Å²) < 4.78 is 13.3. The Bertz CT molecular complexity index is 441. The number of hydrogen-bond donors (Lipinski definition) is 1. The molecule has 1 amide bonds. The fraction of sp³-hybridized carbons (Fsp3) is 0.786. The molecule has 20 heavy (non-hydrogen) atoms. The third-order valence-corrected chi connectivity index (χ3v) is 4.18. The number of halogens is 1. The highest BCUT2D eigenvalue weighted by Crippen LogP contribution is 2.27. The maximum absolute atomic E-state index is 13.3. The molecular formula is C14H19FN4O. The number of hydrogen-bond acceptors (Lipinski definition) is 4. The Balaban J connectivity index is 1.76. The quantitative estimate of drug-likeness (QED) is 0.835. The van der Waals surface area contributed by atoms with Gasteiger partial charge in [-0.05, 0) is 25.2 Å². The lowest BCUT2D eigenvalue weighted by Gasteiger charge is -2.21. The van der Waals surface area contributed by atoms with E-state index in [1.54, 1.807) is 0 Å². The fourth-order valence-electron chi connectivity index (χ4n) is 3.09. The van der Waals surface area contributed by atoms with Gasteiger partial charge >= 0.3 is 0 Å². The SMILES string of the molecule is N#CC[C@@H]1CC[C@H](NCC(=O)N2C[C@@H](F)C[C@H]2C#N)C1. The molecule has 1 aliphatic carbocycles. The van der Waals surface area contributed by atoms with Crippen molar-refractivity contribution < 1.29 is 9.18 Å².